The second-order valence-corrected chi connectivity index (χ2v) is 3.22. The van der Waals surface area contributed by atoms with Crippen molar-refractivity contribution in [1.29, 1.82) is 0 Å². The normalized spacial score (nSPS) is 10.2. The number of hydrogen-bond acceptors (Lipinski definition) is 2. The first-order valence-corrected chi connectivity index (χ1v) is 4.50. The number of rotatable bonds is 1. The minimum atomic E-state index is -0.372. The van der Waals surface area contributed by atoms with Gasteiger partial charge in [0.2, 0.25) is 0 Å². The first-order valence-electron chi connectivity index (χ1n) is 4.50. The van der Waals surface area contributed by atoms with E-state index >= 15 is 0 Å². The van der Waals surface area contributed by atoms with E-state index in [-0.39, 0.29) is 11.7 Å². The van der Waals surface area contributed by atoms with Gasteiger partial charge in [0.15, 0.2) is 5.75 Å². The van der Waals surface area contributed by atoms with Crippen molar-refractivity contribution in [2.24, 2.45) is 0 Å². The number of carbonyl (C=O) groups is 1. The molecule has 0 unspecified atom stereocenters. The third-order valence-electron chi connectivity index (χ3n) is 2.23. The predicted octanol–water partition coefficient (Wildman–Crippen LogP) is 2.77. The van der Waals surface area contributed by atoms with Gasteiger partial charge >= 0.3 is 5.97 Å². The third kappa shape index (κ3) is 1.76. The Hall–Kier alpha value is -2.03. The topological polar surface area (TPSA) is 46.2 Å². The van der Waals surface area contributed by atoms with E-state index in [1.165, 1.54) is 19.2 Å². The van der Waals surface area contributed by atoms with E-state index in [1.54, 1.807) is 24.3 Å². The molecule has 75 valence electrons. The van der Waals surface area contributed by atoms with Crippen molar-refractivity contribution < 1.29 is 14.6 Å². The van der Waals surface area contributed by atoms with Crippen molar-refractivity contribution in [2.75, 3.05) is 7.11 Å². The lowest BCUT2D eigenvalue weighted by molar-refractivity contribution is 0.0601. The Labute approximate surface area is 86.9 Å². The zero-order valence-electron chi connectivity index (χ0n) is 8.19. The SMILES string of the molecule is COC(=O)c1ccc2cc([O])ccc2c1. The van der Waals surface area contributed by atoms with Gasteiger partial charge in [0.05, 0.1) is 12.7 Å². The van der Waals surface area contributed by atoms with E-state index in [4.69, 9.17) is 0 Å². The van der Waals surface area contributed by atoms with Gasteiger partial charge in [0.1, 0.15) is 0 Å². The Morgan fingerprint density at radius 1 is 1.07 bits per heavy atom. The van der Waals surface area contributed by atoms with Crippen molar-refractivity contribution in [2.45, 2.75) is 0 Å². The highest BCUT2D eigenvalue weighted by Crippen LogP contribution is 2.21. The van der Waals surface area contributed by atoms with Crippen LogP contribution in [0.3, 0.4) is 0 Å². The Kier molecular flexibility index (Phi) is 2.29. The minimum Gasteiger partial charge on any atom is -0.465 e. The summed E-state index contributed by atoms with van der Waals surface area (Å²) < 4.78 is 4.61. The summed E-state index contributed by atoms with van der Waals surface area (Å²) in [6.07, 6.45) is 0. The van der Waals surface area contributed by atoms with Crippen molar-refractivity contribution in [1.82, 2.24) is 0 Å². The molecule has 0 aliphatic rings. The van der Waals surface area contributed by atoms with Gasteiger partial charge in [-0.25, -0.2) is 4.79 Å². The molecule has 3 nitrogen and oxygen atoms in total. The number of ether oxygens (including phenoxy) is 1. The Bertz CT molecular complexity index is 517. The van der Waals surface area contributed by atoms with Crippen molar-refractivity contribution in [3.8, 4) is 5.75 Å². The molecule has 0 bridgehead atoms. The van der Waals surface area contributed by atoms with Crippen LogP contribution < -0.4 is 0 Å². The fourth-order valence-electron chi connectivity index (χ4n) is 1.47. The van der Waals surface area contributed by atoms with Crippen LogP contribution in [0.4, 0.5) is 0 Å². The zero-order chi connectivity index (χ0) is 10.8. The molecular weight excluding hydrogens is 192 g/mol. The van der Waals surface area contributed by atoms with Crippen LogP contribution in [0.5, 0.6) is 5.75 Å². The van der Waals surface area contributed by atoms with Gasteiger partial charge in [-0.05, 0) is 35.0 Å². The molecule has 0 aliphatic carbocycles. The van der Waals surface area contributed by atoms with Crippen molar-refractivity contribution in [3.05, 3.63) is 42.0 Å². The average Bonchev–Trinajstić information content (AvgIpc) is 2.27. The van der Waals surface area contributed by atoms with Crippen LogP contribution in [0.2, 0.25) is 0 Å². The maximum Gasteiger partial charge on any atom is 0.337 e. The molecule has 0 saturated heterocycles. The lowest BCUT2D eigenvalue weighted by Gasteiger charge is -2.01. The molecule has 0 spiro atoms. The van der Waals surface area contributed by atoms with Crippen LogP contribution in [-0.4, -0.2) is 13.1 Å². The van der Waals surface area contributed by atoms with Crippen LogP contribution in [0.25, 0.3) is 10.8 Å². The molecule has 0 heterocycles. The maximum atomic E-state index is 11.2. The van der Waals surface area contributed by atoms with Gasteiger partial charge in [-0.15, -0.1) is 0 Å². The molecule has 3 heteroatoms. The van der Waals surface area contributed by atoms with E-state index in [0.29, 0.717) is 5.56 Å². The van der Waals surface area contributed by atoms with Crippen LogP contribution in [0.15, 0.2) is 36.4 Å². The summed E-state index contributed by atoms with van der Waals surface area (Å²) in [5.41, 5.74) is 0.489. The average molecular weight is 201 g/mol. The number of esters is 1. The first-order chi connectivity index (χ1) is 7.20. The minimum absolute atomic E-state index is 0.0340. The van der Waals surface area contributed by atoms with E-state index in [9.17, 15) is 9.90 Å². The summed E-state index contributed by atoms with van der Waals surface area (Å²) in [6.45, 7) is 0. The summed E-state index contributed by atoms with van der Waals surface area (Å²) in [4.78, 5) is 11.2. The highest BCUT2D eigenvalue weighted by Gasteiger charge is 2.05. The maximum absolute atomic E-state index is 11.2. The monoisotopic (exact) mass is 201 g/mol. The third-order valence-corrected chi connectivity index (χ3v) is 2.23. The number of carbonyl (C=O) groups excluding carboxylic acids is 1. The molecule has 0 atom stereocenters. The Morgan fingerprint density at radius 3 is 2.47 bits per heavy atom. The van der Waals surface area contributed by atoms with E-state index in [2.05, 4.69) is 4.74 Å². The Balaban J connectivity index is 2.57. The molecule has 0 fully saturated rings. The quantitative estimate of drug-likeness (QED) is 0.666. The number of fused-ring (bicyclic) bond motifs is 1. The van der Waals surface area contributed by atoms with Gasteiger partial charge in [0, 0.05) is 0 Å². The van der Waals surface area contributed by atoms with E-state index in [1.807, 2.05) is 0 Å². The summed E-state index contributed by atoms with van der Waals surface area (Å²) in [7, 11) is 1.34. The second kappa shape index (κ2) is 3.61. The summed E-state index contributed by atoms with van der Waals surface area (Å²) in [5, 5.41) is 12.8. The Morgan fingerprint density at radius 2 is 1.73 bits per heavy atom. The van der Waals surface area contributed by atoms with Crippen LogP contribution in [-0.2, 0) is 9.84 Å². The molecule has 0 aromatic heterocycles. The highest BCUT2D eigenvalue weighted by atomic mass is 16.5. The molecule has 0 saturated carbocycles. The molecule has 0 amide bonds. The van der Waals surface area contributed by atoms with Gasteiger partial charge < -0.3 is 4.74 Å². The van der Waals surface area contributed by atoms with Gasteiger partial charge in [0.25, 0.3) is 0 Å². The highest BCUT2D eigenvalue weighted by molar-refractivity contribution is 5.95. The lowest BCUT2D eigenvalue weighted by atomic mass is 10.1. The summed E-state index contributed by atoms with van der Waals surface area (Å²) in [5.74, 6) is -0.406. The molecule has 0 aliphatic heterocycles. The van der Waals surface area contributed by atoms with E-state index in [0.717, 1.165) is 10.8 Å². The zero-order valence-corrected chi connectivity index (χ0v) is 8.19. The van der Waals surface area contributed by atoms with Gasteiger partial charge in [-0.3, -0.25) is 5.11 Å². The molecule has 1 radical (unpaired) electrons. The van der Waals surface area contributed by atoms with Crippen LogP contribution >= 0.6 is 0 Å². The van der Waals surface area contributed by atoms with Gasteiger partial charge in [-0.2, -0.15) is 0 Å². The smallest absolute Gasteiger partial charge is 0.337 e. The lowest BCUT2D eigenvalue weighted by Crippen LogP contribution is -2.00. The molecule has 2 aromatic carbocycles. The largest absolute Gasteiger partial charge is 0.465 e. The number of hydrogen-bond donors (Lipinski definition) is 0. The van der Waals surface area contributed by atoms with Crippen molar-refractivity contribution >= 4 is 16.7 Å². The number of benzene rings is 2. The van der Waals surface area contributed by atoms with Crippen LogP contribution in [0.1, 0.15) is 10.4 Å². The van der Waals surface area contributed by atoms with Crippen LogP contribution in [0, 0.1) is 0 Å². The number of methoxy groups -OCH3 is 1. The van der Waals surface area contributed by atoms with E-state index < -0.39 is 0 Å². The molecule has 15 heavy (non-hydrogen) atoms. The summed E-state index contributed by atoms with van der Waals surface area (Å²) >= 11 is 0. The fraction of sp³-hybridized carbons (Fsp3) is 0.0833. The first kappa shape index (κ1) is 9.52. The van der Waals surface area contributed by atoms with Gasteiger partial charge in [-0.1, -0.05) is 12.1 Å². The molecular formula is C12H9O3. The molecule has 2 aromatic rings. The molecule has 0 N–H and O–H groups in total. The predicted molar refractivity (Wildman–Crippen MR) is 55.4 cm³/mol. The standard InChI is InChI=1S/C12H9O3/c1-15-12(14)10-3-2-9-7-11(13)5-4-8(9)6-10/h2-7H,1H3. The summed E-state index contributed by atoms with van der Waals surface area (Å²) in [6, 6.07) is 9.81. The molecule has 2 rings (SSSR count). The van der Waals surface area contributed by atoms with Crippen molar-refractivity contribution in [3.63, 3.8) is 0 Å². The second-order valence-electron chi connectivity index (χ2n) is 3.22. The fourth-order valence-corrected chi connectivity index (χ4v) is 1.47.